The lowest BCUT2D eigenvalue weighted by molar-refractivity contribution is -0.145. The van der Waals surface area contributed by atoms with Crippen molar-refractivity contribution in [1.82, 2.24) is 30.5 Å². The van der Waals surface area contributed by atoms with Gasteiger partial charge < -0.3 is 30.1 Å². The molecule has 2 fully saturated rings. The molecule has 4 aromatic rings. The molecule has 1 aromatic heterocycles. The van der Waals surface area contributed by atoms with Gasteiger partial charge in [0.05, 0.1) is 13.2 Å². The maximum Gasteiger partial charge on any atom is 0.408 e. The van der Waals surface area contributed by atoms with E-state index in [4.69, 9.17) is 19.7 Å². The zero-order valence-electron chi connectivity index (χ0n) is 31.7. The number of nitrogens with zero attached hydrogens (tertiary/aromatic N) is 4. The van der Waals surface area contributed by atoms with E-state index < -0.39 is 53.1 Å². The van der Waals surface area contributed by atoms with E-state index in [1.807, 2.05) is 78.9 Å². The number of methoxy groups -OCH3 is 1. The molecule has 3 aliphatic rings. The van der Waals surface area contributed by atoms with E-state index in [-0.39, 0.29) is 25.3 Å². The number of hydrogen-bond acceptors (Lipinski definition) is 8. The van der Waals surface area contributed by atoms with Crippen LogP contribution in [0.4, 0.5) is 4.79 Å². The van der Waals surface area contributed by atoms with Crippen LogP contribution in [0.15, 0.2) is 78.9 Å². The van der Waals surface area contributed by atoms with Crippen molar-refractivity contribution in [2.75, 3.05) is 13.7 Å². The number of benzene rings is 3. The van der Waals surface area contributed by atoms with Crippen LogP contribution >= 0.6 is 0 Å². The van der Waals surface area contributed by atoms with Gasteiger partial charge in [0.2, 0.25) is 11.8 Å². The van der Waals surface area contributed by atoms with E-state index >= 15 is 0 Å². The number of fused-ring (bicyclic) bond motifs is 3. The average Bonchev–Trinajstić information content (AvgIpc) is 3.45. The van der Waals surface area contributed by atoms with E-state index in [9.17, 15) is 24.3 Å². The van der Waals surface area contributed by atoms with E-state index in [1.54, 1.807) is 32.7 Å². The Balaban J connectivity index is 1.28. The highest BCUT2D eigenvalue weighted by atomic mass is 16.6. The lowest BCUT2D eigenvalue weighted by Gasteiger charge is -2.30. The lowest BCUT2D eigenvalue weighted by Crippen LogP contribution is -2.56. The Hall–Kier alpha value is -5.72. The van der Waals surface area contributed by atoms with Gasteiger partial charge in [0.25, 0.3) is 0 Å². The molecule has 13 nitrogen and oxygen atoms in total. The normalized spacial score (nSPS) is 25.1. The van der Waals surface area contributed by atoms with Gasteiger partial charge in [0.15, 0.2) is 0 Å². The molecule has 3 N–H and O–H groups in total. The number of carboxylic acid groups (broad SMARTS) is 1. The molecule has 5 atom stereocenters. The van der Waals surface area contributed by atoms with E-state index in [2.05, 4.69) is 10.6 Å². The molecular weight excluding hydrogens is 700 g/mol. The zero-order valence-corrected chi connectivity index (χ0v) is 31.7. The standard InChI is InChI=1S/C42H48N6O7/c1-41(2,3)55-40(53)43-33-18-9-7-5-6-8-15-28-24-42(28,39(51)52)44-37(49)34-23-29(25-47(34)38(33)50)48-45-35(27-19-21-30(54-4)22-20-27)36(46-48)32-17-12-14-26-13-10-11-16-31(26)32/h8,10-17,19-22,28-29,33-34H,5-7,9,18,23-25H2,1-4H3,(H,43,53)(H,44,49)(H,51,52)/b15-8-/t28-,29+,33-,34+,42+/m1/s1. The molecular formula is C42H48N6O7. The first kappa shape index (κ1) is 37.6. The topological polar surface area (TPSA) is 165 Å². The van der Waals surface area contributed by atoms with Crippen LogP contribution in [-0.2, 0) is 19.1 Å². The van der Waals surface area contributed by atoms with Gasteiger partial charge in [-0.05, 0) is 81.5 Å². The van der Waals surface area contributed by atoms with Crippen molar-refractivity contribution < 1.29 is 33.8 Å². The third kappa shape index (κ3) is 7.92. The summed E-state index contributed by atoms with van der Waals surface area (Å²) in [4.78, 5) is 57.6. The minimum atomic E-state index is -1.46. The number of carbonyl (C=O) groups excluding carboxylic acids is 3. The molecule has 0 unspecified atom stereocenters. The van der Waals surface area contributed by atoms with Crippen molar-refractivity contribution in [2.45, 2.75) is 95.0 Å². The van der Waals surface area contributed by atoms with Gasteiger partial charge in [-0.1, -0.05) is 67.5 Å². The fourth-order valence-electron chi connectivity index (χ4n) is 7.74. The number of rotatable bonds is 6. The van der Waals surface area contributed by atoms with Crippen LogP contribution in [0.3, 0.4) is 0 Å². The number of carbonyl (C=O) groups is 4. The Morgan fingerprint density at radius 3 is 2.45 bits per heavy atom. The fourth-order valence-corrected chi connectivity index (χ4v) is 7.74. The molecule has 55 heavy (non-hydrogen) atoms. The number of alkyl carbamates (subject to hydrolysis) is 1. The van der Waals surface area contributed by atoms with Gasteiger partial charge in [-0.15, -0.1) is 0 Å². The van der Waals surface area contributed by atoms with Gasteiger partial charge in [-0.2, -0.15) is 15.0 Å². The van der Waals surface area contributed by atoms with Crippen LogP contribution in [0.2, 0.25) is 0 Å². The van der Waals surface area contributed by atoms with Gasteiger partial charge in [-0.25, -0.2) is 9.59 Å². The van der Waals surface area contributed by atoms with Crippen molar-refractivity contribution in [1.29, 1.82) is 0 Å². The first-order chi connectivity index (χ1) is 26.4. The highest BCUT2D eigenvalue weighted by Gasteiger charge is 2.61. The van der Waals surface area contributed by atoms with Crippen molar-refractivity contribution in [3.8, 4) is 28.3 Å². The number of aromatic nitrogens is 3. The Kier molecular flexibility index (Phi) is 10.4. The van der Waals surface area contributed by atoms with Crippen molar-refractivity contribution in [3.05, 3.63) is 78.9 Å². The molecule has 0 radical (unpaired) electrons. The number of amides is 3. The number of nitrogens with one attached hydrogen (secondary N) is 2. The zero-order chi connectivity index (χ0) is 38.9. The Labute approximate surface area is 320 Å². The monoisotopic (exact) mass is 748 g/mol. The van der Waals surface area contributed by atoms with Crippen LogP contribution in [-0.4, -0.2) is 85.8 Å². The predicted molar refractivity (Wildman–Crippen MR) is 206 cm³/mol. The first-order valence-electron chi connectivity index (χ1n) is 19.0. The summed E-state index contributed by atoms with van der Waals surface area (Å²) in [5, 5.41) is 28.0. The van der Waals surface area contributed by atoms with Crippen LogP contribution in [0.5, 0.6) is 5.75 Å². The third-order valence-corrected chi connectivity index (χ3v) is 10.7. The summed E-state index contributed by atoms with van der Waals surface area (Å²) in [6.45, 7) is 5.30. The SMILES string of the molecule is COc1ccc(-c2nn([C@H]3C[C@H]4C(=O)N[C@@]5(C(=O)O)C[C@H]5/C=C\CCCCC[C@@H](NC(=O)OC(C)(C)C)C(=O)N4C3)nc2-c2cccc3ccccc23)cc1. The highest BCUT2D eigenvalue weighted by Crippen LogP contribution is 2.46. The van der Waals surface area contributed by atoms with E-state index in [0.29, 0.717) is 30.0 Å². The molecule has 3 aromatic carbocycles. The van der Waals surface area contributed by atoms with Crippen molar-refractivity contribution in [3.63, 3.8) is 0 Å². The number of carboxylic acids is 1. The van der Waals surface area contributed by atoms with Gasteiger partial charge in [-0.3, -0.25) is 9.59 Å². The molecule has 2 aliphatic heterocycles. The summed E-state index contributed by atoms with van der Waals surface area (Å²) in [5.41, 5.74) is 0.665. The minimum absolute atomic E-state index is 0.0541. The van der Waals surface area contributed by atoms with Crippen LogP contribution in [0.25, 0.3) is 33.3 Å². The number of aliphatic carboxylic acids is 1. The van der Waals surface area contributed by atoms with Crippen molar-refractivity contribution in [2.24, 2.45) is 5.92 Å². The Morgan fingerprint density at radius 1 is 0.964 bits per heavy atom. The van der Waals surface area contributed by atoms with Crippen LogP contribution in [0, 0.1) is 5.92 Å². The Morgan fingerprint density at radius 2 is 1.71 bits per heavy atom. The molecule has 288 valence electrons. The Bertz CT molecular complexity index is 2120. The second-order valence-electron chi connectivity index (χ2n) is 15.7. The molecule has 1 saturated carbocycles. The van der Waals surface area contributed by atoms with Crippen LogP contribution in [0.1, 0.15) is 71.8 Å². The molecule has 3 amide bonds. The molecule has 3 heterocycles. The summed E-state index contributed by atoms with van der Waals surface area (Å²) >= 11 is 0. The van der Waals surface area contributed by atoms with Gasteiger partial charge in [0.1, 0.15) is 40.4 Å². The average molecular weight is 749 g/mol. The quantitative estimate of drug-likeness (QED) is 0.192. The minimum Gasteiger partial charge on any atom is -0.497 e. The van der Waals surface area contributed by atoms with Gasteiger partial charge >= 0.3 is 12.1 Å². The fraction of sp³-hybridized carbons (Fsp3) is 0.429. The largest absolute Gasteiger partial charge is 0.497 e. The maximum absolute atomic E-state index is 14.6. The van der Waals surface area contributed by atoms with E-state index in [1.165, 1.54) is 4.90 Å². The smallest absolute Gasteiger partial charge is 0.408 e. The molecule has 13 heteroatoms. The third-order valence-electron chi connectivity index (χ3n) is 10.7. The summed E-state index contributed by atoms with van der Waals surface area (Å²) in [5.74, 6) is -1.80. The summed E-state index contributed by atoms with van der Waals surface area (Å²) in [6.07, 6.45) is 6.86. The van der Waals surface area contributed by atoms with E-state index in [0.717, 1.165) is 41.2 Å². The number of allylic oxidation sites excluding steroid dienone is 1. The number of hydrogen-bond donors (Lipinski definition) is 3. The van der Waals surface area contributed by atoms with Crippen molar-refractivity contribution >= 4 is 34.6 Å². The second-order valence-corrected chi connectivity index (χ2v) is 15.7. The first-order valence-corrected chi connectivity index (χ1v) is 19.0. The summed E-state index contributed by atoms with van der Waals surface area (Å²) < 4.78 is 10.9. The summed E-state index contributed by atoms with van der Waals surface area (Å²) in [6, 6.07) is 19.0. The molecule has 1 saturated heterocycles. The molecule has 0 bridgehead atoms. The maximum atomic E-state index is 14.6. The predicted octanol–water partition coefficient (Wildman–Crippen LogP) is 6.29. The lowest BCUT2D eigenvalue weighted by atomic mass is 9.99. The summed E-state index contributed by atoms with van der Waals surface area (Å²) in [7, 11) is 1.60. The molecule has 1 aliphatic carbocycles. The number of ether oxygens (including phenoxy) is 2. The second kappa shape index (κ2) is 15.2. The van der Waals surface area contributed by atoms with Crippen LogP contribution < -0.4 is 15.4 Å². The molecule has 7 rings (SSSR count). The highest BCUT2D eigenvalue weighted by molar-refractivity contribution is 5.99. The molecule has 0 spiro atoms. The van der Waals surface area contributed by atoms with Gasteiger partial charge in [0, 0.05) is 30.0 Å².